The molecule has 25 heavy (non-hydrogen) atoms. The number of thiocarbonyl (C=S) groups is 1. The van der Waals surface area contributed by atoms with Gasteiger partial charge in [0.25, 0.3) is 0 Å². The molecule has 7 nitrogen and oxygen atoms in total. The van der Waals surface area contributed by atoms with Crippen LogP contribution in [0, 0.1) is 0 Å². The van der Waals surface area contributed by atoms with Crippen molar-refractivity contribution in [3.8, 4) is 0 Å². The Labute approximate surface area is 153 Å². The van der Waals surface area contributed by atoms with E-state index in [1.165, 1.54) is 0 Å². The molecular formula is C17H24N6OS. The molecule has 1 aromatic heterocycles. The zero-order valence-corrected chi connectivity index (χ0v) is 15.5. The van der Waals surface area contributed by atoms with Gasteiger partial charge in [0.1, 0.15) is 5.69 Å². The second-order valence-electron chi connectivity index (χ2n) is 6.27. The van der Waals surface area contributed by atoms with Crippen molar-refractivity contribution < 1.29 is 4.79 Å². The first-order chi connectivity index (χ1) is 12.1. The number of hydrazone groups is 1. The third kappa shape index (κ3) is 3.96. The predicted molar refractivity (Wildman–Crippen MR) is 103 cm³/mol. The number of aromatic nitrogens is 1. The Hall–Kier alpha value is -2.06. The number of hydrogen-bond acceptors (Lipinski definition) is 5. The van der Waals surface area contributed by atoms with Crippen LogP contribution in [-0.2, 0) is 4.79 Å². The van der Waals surface area contributed by atoms with Gasteiger partial charge < -0.3 is 15.1 Å². The predicted octanol–water partition coefficient (Wildman–Crippen LogP) is 1.10. The van der Waals surface area contributed by atoms with E-state index in [9.17, 15) is 4.79 Å². The first-order valence-corrected chi connectivity index (χ1v) is 9.09. The number of piperazine rings is 1. The molecule has 0 radical (unpaired) electrons. The van der Waals surface area contributed by atoms with Crippen LogP contribution in [0.25, 0.3) is 0 Å². The number of pyridine rings is 1. The second kappa shape index (κ2) is 7.88. The molecule has 0 bridgehead atoms. The molecule has 8 heteroatoms. The summed E-state index contributed by atoms with van der Waals surface area (Å²) in [5, 5.41) is 8.62. The number of rotatable bonds is 2. The van der Waals surface area contributed by atoms with Crippen LogP contribution >= 0.6 is 12.2 Å². The standard InChI is InChI=1S/C17H24N6OS/c1-3-13-11-22(10-8-18-13)17(25)21-20-14-6-9-23(12(2)24)15-5-4-7-19-16(14)15/h4-5,7,13,18H,3,6,8-11H2,1-2H3,(H,21,25)/b20-14-. The summed E-state index contributed by atoms with van der Waals surface area (Å²) in [5.41, 5.74) is 5.41. The largest absolute Gasteiger partial charge is 0.345 e. The minimum Gasteiger partial charge on any atom is -0.345 e. The van der Waals surface area contributed by atoms with Crippen molar-refractivity contribution in [3.63, 3.8) is 0 Å². The number of fused-ring (bicyclic) bond motifs is 1. The highest BCUT2D eigenvalue weighted by molar-refractivity contribution is 7.80. The van der Waals surface area contributed by atoms with Gasteiger partial charge in [-0.25, -0.2) is 0 Å². The minimum absolute atomic E-state index is 0.0169. The molecule has 0 aliphatic carbocycles. The lowest BCUT2D eigenvalue weighted by Gasteiger charge is -2.34. The van der Waals surface area contributed by atoms with E-state index in [4.69, 9.17) is 12.2 Å². The van der Waals surface area contributed by atoms with E-state index in [-0.39, 0.29) is 5.91 Å². The zero-order valence-electron chi connectivity index (χ0n) is 14.7. The van der Waals surface area contributed by atoms with Crippen molar-refractivity contribution in [1.29, 1.82) is 0 Å². The number of amides is 1. The van der Waals surface area contributed by atoms with Crippen LogP contribution in [0.4, 0.5) is 5.69 Å². The molecule has 134 valence electrons. The lowest BCUT2D eigenvalue weighted by atomic mass is 10.1. The van der Waals surface area contributed by atoms with Gasteiger partial charge in [0.05, 0.1) is 11.4 Å². The van der Waals surface area contributed by atoms with Gasteiger partial charge in [0.2, 0.25) is 5.91 Å². The third-order valence-electron chi connectivity index (χ3n) is 4.62. The summed E-state index contributed by atoms with van der Waals surface area (Å²) in [6.45, 7) is 7.03. The number of nitrogens with zero attached hydrogens (tertiary/aromatic N) is 4. The van der Waals surface area contributed by atoms with Crippen molar-refractivity contribution in [3.05, 3.63) is 24.0 Å². The maximum Gasteiger partial charge on any atom is 0.223 e. The van der Waals surface area contributed by atoms with Crippen molar-refractivity contribution in [2.75, 3.05) is 31.1 Å². The third-order valence-corrected chi connectivity index (χ3v) is 4.97. The number of carbonyl (C=O) groups excluding carboxylic acids is 1. The summed E-state index contributed by atoms with van der Waals surface area (Å²) in [6.07, 6.45) is 3.45. The van der Waals surface area contributed by atoms with Crippen molar-refractivity contribution in [2.45, 2.75) is 32.7 Å². The Morgan fingerprint density at radius 3 is 3.12 bits per heavy atom. The van der Waals surface area contributed by atoms with Gasteiger partial charge in [0, 0.05) is 51.8 Å². The lowest BCUT2D eigenvalue weighted by molar-refractivity contribution is -0.116. The highest BCUT2D eigenvalue weighted by Gasteiger charge is 2.25. The molecule has 1 aromatic rings. The Kier molecular flexibility index (Phi) is 5.60. The van der Waals surface area contributed by atoms with Crippen LogP contribution in [-0.4, -0.2) is 58.8 Å². The minimum atomic E-state index is 0.0169. The molecule has 2 aliphatic rings. The van der Waals surface area contributed by atoms with Crippen LogP contribution in [0.3, 0.4) is 0 Å². The molecule has 2 N–H and O–H groups in total. The highest BCUT2D eigenvalue weighted by atomic mass is 32.1. The molecule has 0 aromatic carbocycles. The van der Waals surface area contributed by atoms with Gasteiger partial charge in [0.15, 0.2) is 5.11 Å². The summed E-state index contributed by atoms with van der Waals surface area (Å²) in [5.74, 6) is 0.0169. The quantitative estimate of drug-likeness (QED) is 0.608. The van der Waals surface area contributed by atoms with E-state index in [2.05, 4.69) is 32.7 Å². The van der Waals surface area contributed by atoms with Gasteiger partial charge in [-0.3, -0.25) is 15.2 Å². The van der Waals surface area contributed by atoms with Crippen LogP contribution in [0.15, 0.2) is 23.4 Å². The summed E-state index contributed by atoms with van der Waals surface area (Å²) in [6, 6.07) is 4.20. The zero-order chi connectivity index (χ0) is 17.8. The number of carbonyl (C=O) groups is 1. The average Bonchev–Trinajstić information content (AvgIpc) is 2.65. The molecule has 3 heterocycles. The van der Waals surface area contributed by atoms with Crippen molar-refractivity contribution in [1.82, 2.24) is 20.6 Å². The van der Waals surface area contributed by atoms with Gasteiger partial charge in [-0.15, -0.1) is 0 Å². The Balaban J connectivity index is 1.72. The number of anilines is 1. The molecule has 1 atom stereocenters. The molecule has 1 unspecified atom stereocenters. The van der Waals surface area contributed by atoms with E-state index in [1.54, 1.807) is 18.0 Å². The topological polar surface area (TPSA) is 72.9 Å². The molecular weight excluding hydrogens is 336 g/mol. The molecule has 0 spiro atoms. The normalized spacial score (nSPS) is 21.8. The Morgan fingerprint density at radius 1 is 1.52 bits per heavy atom. The Morgan fingerprint density at radius 2 is 2.36 bits per heavy atom. The SMILES string of the molecule is CCC1CN(C(=S)N/N=C2/CCN(C(C)=O)c3cccnc32)CCN1. The first kappa shape index (κ1) is 17.8. The fourth-order valence-electron chi connectivity index (χ4n) is 3.20. The fourth-order valence-corrected chi connectivity index (χ4v) is 3.41. The fraction of sp³-hybridized carbons (Fsp3) is 0.529. The molecule has 1 amide bonds. The Bertz CT molecular complexity index is 691. The second-order valence-corrected chi connectivity index (χ2v) is 6.66. The highest BCUT2D eigenvalue weighted by Crippen LogP contribution is 2.25. The summed E-state index contributed by atoms with van der Waals surface area (Å²) >= 11 is 5.50. The van der Waals surface area contributed by atoms with E-state index in [0.29, 0.717) is 24.1 Å². The summed E-state index contributed by atoms with van der Waals surface area (Å²) < 4.78 is 0. The molecule has 1 fully saturated rings. The van der Waals surface area contributed by atoms with E-state index in [0.717, 1.165) is 43.1 Å². The van der Waals surface area contributed by atoms with Crippen LogP contribution < -0.4 is 15.6 Å². The first-order valence-electron chi connectivity index (χ1n) is 8.68. The molecule has 0 saturated carbocycles. The average molecular weight is 360 g/mol. The summed E-state index contributed by atoms with van der Waals surface area (Å²) in [4.78, 5) is 20.1. The van der Waals surface area contributed by atoms with Crippen molar-refractivity contribution in [2.24, 2.45) is 5.10 Å². The lowest BCUT2D eigenvalue weighted by Crippen LogP contribution is -2.54. The maximum absolute atomic E-state index is 11.8. The summed E-state index contributed by atoms with van der Waals surface area (Å²) in [7, 11) is 0. The maximum atomic E-state index is 11.8. The van der Waals surface area contributed by atoms with Crippen LogP contribution in [0.1, 0.15) is 32.4 Å². The van der Waals surface area contributed by atoms with Gasteiger partial charge in [-0.05, 0) is 30.8 Å². The van der Waals surface area contributed by atoms with E-state index >= 15 is 0 Å². The number of nitrogens with one attached hydrogen (secondary N) is 2. The molecule has 3 rings (SSSR count). The molecule has 1 saturated heterocycles. The number of hydrogen-bond donors (Lipinski definition) is 2. The van der Waals surface area contributed by atoms with Gasteiger partial charge in [-0.1, -0.05) is 6.92 Å². The van der Waals surface area contributed by atoms with E-state index < -0.39 is 0 Å². The smallest absolute Gasteiger partial charge is 0.223 e. The van der Waals surface area contributed by atoms with Crippen LogP contribution in [0.5, 0.6) is 0 Å². The van der Waals surface area contributed by atoms with Crippen molar-refractivity contribution >= 4 is 34.6 Å². The monoisotopic (exact) mass is 360 g/mol. The van der Waals surface area contributed by atoms with Crippen LogP contribution in [0.2, 0.25) is 0 Å². The molecule has 2 aliphatic heterocycles. The van der Waals surface area contributed by atoms with E-state index in [1.807, 2.05) is 12.1 Å². The van der Waals surface area contributed by atoms with Gasteiger partial charge >= 0.3 is 0 Å². The van der Waals surface area contributed by atoms with Gasteiger partial charge in [-0.2, -0.15) is 5.10 Å².